The van der Waals surface area contributed by atoms with Crippen LogP contribution in [0.5, 0.6) is 5.75 Å². The number of aliphatic hydroxyl groups is 1. The van der Waals surface area contributed by atoms with Crippen LogP contribution in [0.1, 0.15) is 39.5 Å². The van der Waals surface area contributed by atoms with Crippen molar-refractivity contribution in [3.63, 3.8) is 0 Å². The summed E-state index contributed by atoms with van der Waals surface area (Å²) in [6.07, 6.45) is 3.47. The topological polar surface area (TPSA) is 65.9 Å². The molecule has 0 saturated heterocycles. The number of aliphatic imine (C=N–C) groups is 1. The van der Waals surface area contributed by atoms with E-state index >= 15 is 0 Å². The summed E-state index contributed by atoms with van der Waals surface area (Å²) in [6.45, 7) is 6.00. The molecule has 1 aromatic rings. The minimum Gasteiger partial charge on any atom is -0.488 e. The third kappa shape index (κ3) is 7.65. The van der Waals surface area contributed by atoms with Gasteiger partial charge >= 0.3 is 0 Å². The zero-order valence-electron chi connectivity index (χ0n) is 15.6. The Morgan fingerprint density at radius 2 is 2.15 bits per heavy atom. The maximum absolute atomic E-state index is 13.3. The molecule has 148 valence electrons. The molecule has 1 aliphatic rings. The Kier molecular flexibility index (Phi) is 10.9. The zero-order chi connectivity index (χ0) is 18.1. The number of guanidine groups is 1. The second-order valence-corrected chi connectivity index (χ2v) is 6.46. The Bertz CT molecular complexity index is 559. The van der Waals surface area contributed by atoms with Crippen LogP contribution in [0.15, 0.2) is 29.3 Å². The minimum absolute atomic E-state index is 0. The molecule has 1 aliphatic carbocycles. The smallest absolute Gasteiger partial charge is 0.191 e. The lowest BCUT2D eigenvalue weighted by atomic mass is 10.1. The second kappa shape index (κ2) is 12.3. The van der Waals surface area contributed by atoms with Crippen LogP contribution in [-0.2, 0) is 0 Å². The molecule has 7 heteroatoms. The third-order valence-electron chi connectivity index (χ3n) is 4.50. The molecule has 5 nitrogen and oxygen atoms in total. The van der Waals surface area contributed by atoms with Crippen molar-refractivity contribution in [2.24, 2.45) is 10.9 Å². The Hall–Kier alpha value is -1.09. The highest BCUT2D eigenvalue weighted by Crippen LogP contribution is 2.24. The first-order valence-electron chi connectivity index (χ1n) is 9.24. The van der Waals surface area contributed by atoms with Gasteiger partial charge in [-0.1, -0.05) is 19.4 Å². The number of hydrogen-bond donors (Lipinski definition) is 3. The first-order chi connectivity index (χ1) is 12.1. The maximum Gasteiger partial charge on any atom is 0.191 e. The summed E-state index contributed by atoms with van der Waals surface area (Å²) >= 11 is 0. The van der Waals surface area contributed by atoms with E-state index in [2.05, 4.69) is 15.6 Å². The van der Waals surface area contributed by atoms with E-state index in [0.29, 0.717) is 18.8 Å². The number of aliphatic hydroxyl groups excluding tert-OH is 1. The van der Waals surface area contributed by atoms with Gasteiger partial charge in [-0.3, -0.25) is 0 Å². The normalized spacial score (nSPS) is 21.0. The van der Waals surface area contributed by atoms with Gasteiger partial charge in [-0.05, 0) is 38.3 Å². The molecule has 0 spiro atoms. The van der Waals surface area contributed by atoms with Gasteiger partial charge < -0.3 is 20.5 Å². The summed E-state index contributed by atoms with van der Waals surface area (Å²) in [5.74, 6) is 1.23. The SMILES string of the molecule is CCNC(=NCC(CC)Oc1cccc(F)c1)NCC1CCCC1O.I. The second-order valence-electron chi connectivity index (χ2n) is 6.46. The molecule has 1 fully saturated rings. The standard InChI is InChI=1S/C19H30FN3O2.HI/c1-3-16(25-17-9-6-8-15(20)11-17)13-23-19(21-4-2)22-12-14-7-5-10-18(14)24;/h6,8-9,11,14,16,18,24H,3-5,7,10,12-13H2,1-2H3,(H2,21,22,23);1H. The highest BCUT2D eigenvalue weighted by Gasteiger charge is 2.25. The van der Waals surface area contributed by atoms with Crippen LogP contribution >= 0.6 is 24.0 Å². The van der Waals surface area contributed by atoms with Crippen molar-refractivity contribution in [1.82, 2.24) is 10.6 Å². The number of benzene rings is 1. The van der Waals surface area contributed by atoms with Crippen LogP contribution in [0.2, 0.25) is 0 Å². The number of halogens is 2. The molecular formula is C19H31FIN3O2. The van der Waals surface area contributed by atoms with Crippen LogP contribution in [0.4, 0.5) is 4.39 Å². The maximum atomic E-state index is 13.3. The van der Waals surface area contributed by atoms with Gasteiger partial charge in [0, 0.05) is 25.1 Å². The van der Waals surface area contributed by atoms with Crippen molar-refractivity contribution in [3.8, 4) is 5.75 Å². The summed E-state index contributed by atoms with van der Waals surface area (Å²) in [4.78, 5) is 4.58. The lowest BCUT2D eigenvalue weighted by Gasteiger charge is -2.19. The molecule has 0 bridgehead atoms. The first kappa shape index (κ1) is 23.0. The monoisotopic (exact) mass is 479 g/mol. The molecular weight excluding hydrogens is 448 g/mol. The van der Waals surface area contributed by atoms with Crippen LogP contribution in [0.25, 0.3) is 0 Å². The Morgan fingerprint density at radius 1 is 1.35 bits per heavy atom. The van der Waals surface area contributed by atoms with Crippen molar-refractivity contribution in [2.45, 2.75) is 51.7 Å². The summed E-state index contributed by atoms with van der Waals surface area (Å²) in [7, 11) is 0. The molecule has 0 aliphatic heterocycles. The number of hydrogen-bond acceptors (Lipinski definition) is 3. The molecule has 3 unspecified atom stereocenters. The molecule has 26 heavy (non-hydrogen) atoms. The highest BCUT2D eigenvalue weighted by molar-refractivity contribution is 14.0. The van der Waals surface area contributed by atoms with E-state index in [1.165, 1.54) is 12.1 Å². The molecule has 0 amide bonds. The fourth-order valence-corrected chi connectivity index (χ4v) is 3.00. The van der Waals surface area contributed by atoms with Crippen molar-refractivity contribution in [2.75, 3.05) is 19.6 Å². The van der Waals surface area contributed by atoms with Crippen molar-refractivity contribution < 1.29 is 14.2 Å². The predicted octanol–water partition coefficient (Wildman–Crippen LogP) is 3.32. The third-order valence-corrected chi connectivity index (χ3v) is 4.50. The average molecular weight is 479 g/mol. The molecule has 0 heterocycles. The highest BCUT2D eigenvalue weighted by atomic mass is 127. The molecule has 2 rings (SSSR count). The Balaban J connectivity index is 0.00000338. The van der Waals surface area contributed by atoms with Crippen LogP contribution in [-0.4, -0.2) is 42.9 Å². The van der Waals surface area contributed by atoms with Crippen molar-refractivity contribution in [3.05, 3.63) is 30.1 Å². The quantitative estimate of drug-likeness (QED) is 0.304. The van der Waals surface area contributed by atoms with E-state index in [0.717, 1.165) is 38.2 Å². The molecule has 0 radical (unpaired) electrons. The van der Waals surface area contributed by atoms with Gasteiger partial charge in [-0.15, -0.1) is 24.0 Å². The van der Waals surface area contributed by atoms with E-state index < -0.39 is 0 Å². The fraction of sp³-hybridized carbons (Fsp3) is 0.632. The van der Waals surface area contributed by atoms with Gasteiger partial charge in [0.1, 0.15) is 17.7 Å². The summed E-state index contributed by atoms with van der Waals surface area (Å²) in [6, 6.07) is 6.17. The lowest BCUT2D eigenvalue weighted by molar-refractivity contribution is 0.134. The van der Waals surface area contributed by atoms with Gasteiger partial charge in [-0.2, -0.15) is 0 Å². The van der Waals surface area contributed by atoms with Crippen molar-refractivity contribution in [1.29, 1.82) is 0 Å². The average Bonchev–Trinajstić information content (AvgIpc) is 3.01. The number of ether oxygens (including phenoxy) is 1. The molecule has 3 N–H and O–H groups in total. The number of nitrogens with zero attached hydrogens (tertiary/aromatic N) is 1. The van der Waals surface area contributed by atoms with Crippen LogP contribution in [0.3, 0.4) is 0 Å². The Morgan fingerprint density at radius 3 is 2.77 bits per heavy atom. The zero-order valence-corrected chi connectivity index (χ0v) is 17.9. The van der Waals surface area contributed by atoms with E-state index in [-0.39, 0.29) is 47.9 Å². The summed E-state index contributed by atoms with van der Waals surface area (Å²) in [5.41, 5.74) is 0. The minimum atomic E-state index is -0.305. The first-order valence-corrected chi connectivity index (χ1v) is 9.24. The molecule has 3 atom stereocenters. The summed E-state index contributed by atoms with van der Waals surface area (Å²) in [5, 5.41) is 16.4. The predicted molar refractivity (Wildman–Crippen MR) is 114 cm³/mol. The van der Waals surface area contributed by atoms with Gasteiger partial charge in [0.05, 0.1) is 12.6 Å². The van der Waals surface area contributed by atoms with E-state index in [9.17, 15) is 9.50 Å². The number of nitrogens with one attached hydrogen (secondary N) is 2. The van der Waals surface area contributed by atoms with Crippen molar-refractivity contribution >= 4 is 29.9 Å². The molecule has 1 aromatic carbocycles. The van der Waals surface area contributed by atoms with Gasteiger partial charge in [-0.25, -0.2) is 9.38 Å². The number of rotatable bonds is 8. The molecule has 0 aromatic heterocycles. The Labute approximate surface area is 172 Å². The van der Waals surface area contributed by atoms with Gasteiger partial charge in [0.25, 0.3) is 0 Å². The lowest BCUT2D eigenvalue weighted by Crippen LogP contribution is -2.41. The van der Waals surface area contributed by atoms with Gasteiger partial charge in [0.2, 0.25) is 0 Å². The summed E-state index contributed by atoms with van der Waals surface area (Å²) < 4.78 is 19.1. The van der Waals surface area contributed by atoms with Crippen LogP contribution < -0.4 is 15.4 Å². The van der Waals surface area contributed by atoms with Gasteiger partial charge in [0.15, 0.2) is 5.96 Å². The van der Waals surface area contributed by atoms with Crippen LogP contribution in [0, 0.1) is 11.7 Å². The largest absolute Gasteiger partial charge is 0.488 e. The van der Waals surface area contributed by atoms with E-state index in [4.69, 9.17) is 4.74 Å². The van der Waals surface area contributed by atoms with E-state index in [1.54, 1.807) is 12.1 Å². The molecule has 1 saturated carbocycles. The fourth-order valence-electron chi connectivity index (χ4n) is 3.00. The van der Waals surface area contributed by atoms with E-state index in [1.807, 2.05) is 13.8 Å².